The first-order valence-electron chi connectivity index (χ1n) is 6.98. The van der Waals surface area contributed by atoms with Crippen LogP contribution in [0.25, 0.3) is 10.8 Å². The van der Waals surface area contributed by atoms with Crippen molar-refractivity contribution in [1.82, 2.24) is 4.98 Å². The predicted molar refractivity (Wildman–Crippen MR) is 89.7 cm³/mol. The second kappa shape index (κ2) is 5.32. The van der Waals surface area contributed by atoms with Gasteiger partial charge in [-0.05, 0) is 30.5 Å². The highest BCUT2D eigenvalue weighted by molar-refractivity contribution is 5.95. The Morgan fingerprint density at radius 1 is 0.952 bits per heavy atom. The van der Waals surface area contributed by atoms with Crippen LogP contribution in [-0.2, 0) is 0 Å². The lowest BCUT2D eigenvalue weighted by atomic mass is 10.1. The fourth-order valence-electron chi connectivity index (χ4n) is 2.52. The molecule has 0 spiro atoms. The van der Waals surface area contributed by atoms with Crippen LogP contribution >= 0.6 is 0 Å². The van der Waals surface area contributed by atoms with Gasteiger partial charge in [-0.1, -0.05) is 36.4 Å². The van der Waals surface area contributed by atoms with E-state index in [2.05, 4.69) is 47.1 Å². The zero-order chi connectivity index (χ0) is 14.8. The third-order valence-electron chi connectivity index (χ3n) is 3.59. The molecular weight excluding hydrogens is 260 g/mol. The summed E-state index contributed by atoms with van der Waals surface area (Å²) in [5.74, 6) is 1.17. The number of nitrogens with two attached hydrogens (primary N) is 2. The molecule has 0 radical (unpaired) electrons. The van der Waals surface area contributed by atoms with Gasteiger partial charge in [-0.3, -0.25) is 0 Å². The molecule has 2 aromatic carbocycles. The van der Waals surface area contributed by atoms with E-state index in [0.717, 1.165) is 18.1 Å². The molecule has 21 heavy (non-hydrogen) atoms. The van der Waals surface area contributed by atoms with Crippen molar-refractivity contribution in [2.75, 3.05) is 22.9 Å². The van der Waals surface area contributed by atoms with Gasteiger partial charge in [0.25, 0.3) is 0 Å². The van der Waals surface area contributed by atoms with Crippen LogP contribution in [0.1, 0.15) is 6.92 Å². The molecule has 0 amide bonds. The van der Waals surface area contributed by atoms with Crippen molar-refractivity contribution in [2.45, 2.75) is 6.92 Å². The van der Waals surface area contributed by atoms with E-state index in [4.69, 9.17) is 11.5 Å². The number of hydrogen-bond acceptors (Lipinski definition) is 4. The van der Waals surface area contributed by atoms with Crippen LogP contribution < -0.4 is 16.4 Å². The van der Waals surface area contributed by atoms with E-state index in [9.17, 15) is 0 Å². The molecule has 0 saturated heterocycles. The Hall–Kier alpha value is -2.75. The molecule has 0 atom stereocenters. The summed E-state index contributed by atoms with van der Waals surface area (Å²) >= 11 is 0. The van der Waals surface area contributed by atoms with Crippen molar-refractivity contribution in [1.29, 1.82) is 0 Å². The minimum Gasteiger partial charge on any atom is -0.396 e. The number of aromatic nitrogens is 1. The Balaban J connectivity index is 2.16. The standard InChI is InChI=1S/C17H18N4/c1-2-21(16-11-10-14(18)17(19)20-16)15-9-5-7-12-6-3-4-8-13(12)15/h3-11H,2,18H2,1H3,(H2,19,20). The van der Waals surface area contributed by atoms with Crippen LogP contribution in [-0.4, -0.2) is 11.5 Å². The summed E-state index contributed by atoms with van der Waals surface area (Å²) in [6, 6.07) is 18.3. The van der Waals surface area contributed by atoms with Gasteiger partial charge in [-0.2, -0.15) is 0 Å². The second-order valence-corrected chi connectivity index (χ2v) is 4.89. The summed E-state index contributed by atoms with van der Waals surface area (Å²) in [4.78, 5) is 6.54. The van der Waals surface area contributed by atoms with Gasteiger partial charge in [-0.25, -0.2) is 4.98 Å². The maximum absolute atomic E-state index is 5.84. The van der Waals surface area contributed by atoms with Gasteiger partial charge in [-0.15, -0.1) is 0 Å². The van der Waals surface area contributed by atoms with E-state index < -0.39 is 0 Å². The first kappa shape index (κ1) is 13.2. The molecule has 1 heterocycles. The lowest BCUT2D eigenvalue weighted by Gasteiger charge is -2.24. The van der Waals surface area contributed by atoms with Gasteiger partial charge in [0.05, 0.1) is 11.4 Å². The van der Waals surface area contributed by atoms with Crippen molar-refractivity contribution in [3.05, 3.63) is 54.6 Å². The largest absolute Gasteiger partial charge is 0.396 e. The number of anilines is 4. The van der Waals surface area contributed by atoms with Crippen molar-refractivity contribution < 1.29 is 0 Å². The average molecular weight is 278 g/mol. The summed E-state index contributed by atoms with van der Waals surface area (Å²) in [6.45, 7) is 2.89. The molecule has 4 nitrogen and oxygen atoms in total. The van der Waals surface area contributed by atoms with E-state index in [1.165, 1.54) is 10.8 Å². The molecule has 1 aromatic heterocycles. The number of nitrogen functional groups attached to an aromatic ring is 2. The summed E-state index contributed by atoms with van der Waals surface area (Å²) in [5.41, 5.74) is 13.2. The summed E-state index contributed by atoms with van der Waals surface area (Å²) in [5, 5.41) is 2.40. The minimum atomic E-state index is 0.367. The van der Waals surface area contributed by atoms with Gasteiger partial charge in [0.15, 0.2) is 0 Å². The van der Waals surface area contributed by atoms with E-state index in [-0.39, 0.29) is 0 Å². The van der Waals surface area contributed by atoms with Crippen LogP contribution in [0.4, 0.5) is 23.0 Å². The molecule has 3 aromatic rings. The number of nitrogens with zero attached hydrogens (tertiary/aromatic N) is 2. The van der Waals surface area contributed by atoms with E-state index >= 15 is 0 Å². The fourth-order valence-corrected chi connectivity index (χ4v) is 2.52. The van der Waals surface area contributed by atoms with Crippen LogP contribution in [0.3, 0.4) is 0 Å². The molecule has 4 heteroatoms. The van der Waals surface area contributed by atoms with Crippen molar-refractivity contribution in [2.24, 2.45) is 0 Å². The van der Waals surface area contributed by atoms with Gasteiger partial charge in [0, 0.05) is 11.9 Å². The third-order valence-corrected chi connectivity index (χ3v) is 3.59. The lowest BCUT2D eigenvalue weighted by molar-refractivity contribution is 0.998. The molecular formula is C17H18N4. The molecule has 0 unspecified atom stereocenters. The molecule has 0 saturated carbocycles. The van der Waals surface area contributed by atoms with Crippen LogP contribution in [0.5, 0.6) is 0 Å². The van der Waals surface area contributed by atoms with E-state index in [1.54, 1.807) is 6.07 Å². The Kier molecular flexibility index (Phi) is 3.36. The SMILES string of the molecule is CCN(c1ccc(N)c(N)n1)c1cccc2ccccc12. The predicted octanol–water partition coefficient (Wildman–Crippen LogP) is 3.56. The molecule has 4 N–H and O–H groups in total. The number of rotatable bonds is 3. The Labute approximate surface area is 124 Å². The maximum atomic E-state index is 5.84. The first-order valence-corrected chi connectivity index (χ1v) is 6.98. The highest BCUT2D eigenvalue weighted by atomic mass is 15.2. The molecule has 0 aliphatic heterocycles. The third kappa shape index (κ3) is 2.36. The van der Waals surface area contributed by atoms with Crippen LogP contribution in [0.15, 0.2) is 54.6 Å². The Bertz CT molecular complexity index is 777. The van der Waals surface area contributed by atoms with Crippen molar-refractivity contribution in [3.63, 3.8) is 0 Å². The normalized spacial score (nSPS) is 10.7. The summed E-state index contributed by atoms with van der Waals surface area (Å²) in [6.07, 6.45) is 0. The zero-order valence-corrected chi connectivity index (χ0v) is 12.0. The van der Waals surface area contributed by atoms with E-state index in [0.29, 0.717) is 11.5 Å². The first-order chi connectivity index (χ1) is 10.2. The molecule has 0 fully saturated rings. The quantitative estimate of drug-likeness (QED) is 0.768. The summed E-state index contributed by atoms with van der Waals surface area (Å²) in [7, 11) is 0. The van der Waals surface area contributed by atoms with Gasteiger partial charge in [0.1, 0.15) is 11.6 Å². The number of pyridine rings is 1. The monoisotopic (exact) mass is 278 g/mol. The zero-order valence-electron chi connectivity index (χ0n) is 12.0. The number of fused-ring (bicyclic) bond motifs is 1. The highest BCUT2D eigenvalue weighted by Gasteiger charge is 2.12. The highest BCUT2D eigenvalue weighted by Crippen LogP contribution is 2.32. The van der Waals surface area contributed by atoms with Gasteiger partial charge >= 0.3 is 0 Å². The smallest absolute Gasteiger partial charge is 0.149 e. The van der Waals surface area contributed by atoms with Gasteiger partial charge in [0.2, 0.25) is 0 Å². The molecule has 106 valence electrons. The second-order valence-electron chi connectivity index (χ2n) is 4.89. The molecule has 3 rings (SSSR count). The maximum Gasteiger partial charge on any atom is 0.149 e. The van der Waals surface area contributed by atoms with Crippen molar-refractivity contribution in [3.8, 4) is 0 Å². The number of benzene rings is 2. The topological polar surface area (TPSA) is 68.2 Å². The lowest BCUT2D eigenvalue weighted by Crippen LogP contribution is -2.18. The number of hydrogen-bond donors (Lipinski definition) is 2. The van der Waals surface area contributed by atoms with Crippen molar-refractivity contribution >= 4 is 33.8 Å². The molecule has 0 aliphatic carbocycles. The van der Waals surface area contributed by atoms with Crippen LogP contribution in [0, 0.1) is 0 Å². The van der Waals surface area contributed by atoms with E-state index in [1.807, 2.05) is 18.2 Å². The summed E-state index contributed by atoms with van der Waals surface area (Å²) < 4.78 is 0. The fraction of sp³-hybridized carbons (Fsp3) is 0.118. The Morgan fingerprint density at radius 3 is 2.48 bits per heavy atom. The minimum absolute atomic E-state index is 0.367. The van der Waals surface area contributed by atoms with Gasteiger partial charge < -0.3 is 16.4 Å². The molecule has 0 aliphatic rings. The Morgan fingerprint density at radius 2 is 1.71 bits per heavy atom. The average Bonchev–Trinajstić information content (AvgIpc) is 2.52. The molecule has 0 bridgehead atoms. The van der Waals surface area contributed by atoms with Crippen LogP contribution in [0.2, 0.25) is 0 Å².